The maximum atomic E-state index is 12.0. The number of aromatic amines is 1. The molecule has 4 heteroatoms. The molecule has 0 aliphatic carbocycles. The van der Waals surface area contributed by atoms with Gasteiger partial charge in [0.05, 0.1) is 12.5 Å². The fourth-order valence-corrected chi connectivity index (χ4v) is 1.88. The van der Waals surface area contributed by atoms with Crippen LogP contribution in [0.15, 0.2) is 18.3 Å². The highest BCUT2D eigenvalue weighted by atomic mass is 16.3. The average Bonchev–Trinajstić information content (AvgIpc) is 2.81. The molecule has 102 valence electrons. The van der Waals surface area contributed by atoms with Crippen molar-refractivity contribution in [3.63, 3.8) is 0 Å². The minimum Gasteiger partial charge on any atom is -0.396 e. The van der Waals surface area contributed by atoms with Crippen LogP contribution >= 0.6 is 0 Å². The van der Waals surface area contributed by atoms with E-state index in [4.69, 9.17) is 0 Å². The number of H-pyrrole nitrogens is 1. The molecule has 18 heavy (non-hydrogen) atoms. The molecule has 0 fully saturated rings. The van der Waals surface area contributed by atoms with Crippen LogP contribution in [0.3, 0.4) is 0 Å². The van der Waals surface area contributed by atoms with E-state index in [0.29, 0.717) is 6.54 Å². The summed E-state index contributed by atoms with van der Waals surface area (Å²) in [6, 6.07) is 3.96. The van der Waals surface area contributed by atoms with Crippen molar-refractivity contribution in [3.8, 4) is 0 Å². The Balaban J connectivity index is 2.57. The molecule has 1 aromatic rings. The fraction of sp³-hybridized carbons (Fsp3) is 0.643. The second-order valence-electron chi connectivity index (χ2n) is 5.72. The van der Waals surface area contributed by atoms with Crippen molar-refractivity contribution in [1.29, 1.82) is 0 Å². The summed E-state index contributed by atoms with van der Waals surface area (Å²) in [6.45, 7) is 8.47. The molecule has 4 nitrogen and oxygen atoms in total. The highest BCUT2D eigenvalue weighted by Crippen LogP contribution is 2.20. The molecule has 1 rings (SSSR count). The first-order valence-electron chi connectivity index (χ1n) is 6.41. The predicted octanol–water partition coefficient (Wildman–Crippen LogP) is 1.67. The largest absolute Gasteiger partial charge is 0.396 e. The lowest BCUT2D eigenvalue weighted by molar-refractivity contribution is -0.127. The van der Waals surface area contributed by atoms with E-state index >= 15 is 0 Å². The lowest BCUT2D eigenvalue weighted by Gasteiger charge is -2.26. The zero-order chi connectivity index (χ0) is 13.8. The Morgan fingerprint density at radius 2 is 2.17 bits per heavy atom. The standard InChI is InChI=1S/C14H24N2O2/c1-10(2)11(8-17)13(18)16-9-14(3,4)12-6-5-7-15-12/h5-7,10-11,15,17H,8-9H2,1-4H3,(H,16,18). The number of hydrogen-bond donors (Lipinski definition) is 3. The number of aromatic nitrogens is 1. The summed E-state index contributed by atoms with van der Waals surface area (Å²) in [4.78, 5) is 15.1. The maximum Gasteiger partial charge on any atom is 0.225 e. The summed E-state index contributed by atoms with van der Waals surface area (Å²) < 4.78 is 0. The number of carbonyl (C=O) groups excluding carboxylic acids is 1. The maximum absolute atomic E-state index is 12.0. The monoisotopic (exact) mass is 252 g/mol. The van der Waals surface area contributed by atoms with Gasteiger partial charge in [-0.25, -0.2) is 0 Å². The van der Waals surface area contributed by atoms with Crippen molar-refractivity contribution in [2.45, 2.75) is 33.1 Å². The number of rotatable bonds is 6. The van der Waals surface area contributed by atoms with Gasteiger partial charge in [-0.15, -0.1) is 0 Å². The van der Waals surface area contributed by atoms with Crippen LogP contribution in [0.1, 0.15) is 33.4 Å². The van der Waals surface area contributed by atoms with Gasteiger partial charge in [0.1, 0.15) is 0 Å². The fourth-order valence-electron chi connectivity index (χ4n) is 1.88. The van der Waals surface area contributed by atoms with E-state index in [1.165, 1.54) is 0 Å². The van der Waals surface area contributed by atoms with Gasteiger partial charge in [-0.2, -0.15) is 0 Å². The van der Waals surface area contributed by atoms with Crippen LogP contribution in [0, 0.1) is 11.8 Å². The van der Waals surface area contributed by atoms with Gasteiger partial charge in [0.15, 0.2) is 0 Å². The van der Waals surface area contributed by atoms with Gasteiger partial charge in [-0.05, 0) is 18.1 Å². The Labute approximate surface area is 109 Å². The first kappa shape index (κ1) is 14.8. The second kappa shape index (κ2) is 6.05. The van der Waals surface area contributed by atoms with Crippen LogP contribution in [0.2, 0.25) is 0 Å². The minimum atomic E-state index is -0.329. The molecule has 0 saturated carbocycles. The molecule has 0 radical (unpaired) electrons. The lowest BCUT2D eigenvalue weighted by atomic mass is 9.88. The number of amides is 1. The van der Waals surface area contributed by atoms with Crippen LogP contribution in [0.4, 0.5) is 0 Å². The van der Waals surface area contributed by atoms with E-state index in [-0.39, 0.29) is 29.8 Å². The molecule has 0 saturated heterocycles. The van der Waals surface area contributed by atoms with Crippen LogP contribution in [0.5, 0.6) is 0 Å². The van der Waals surface area contributed by atoms with Crippen molar-refractivity contribution >= 4 is 5.91 Å². The Kier molecular flexibility index (Phi) is 4.96. The number of hydrogen-bond acceptors (Lipinski definition) is 2. The SMILES string of the molecule is CC(C)C(CO)C(=O)NCC(C)(C)c1ccc[nH]1. The highest BCUT2D eigenvalue weighted by molar-refractivity contribution is 5.79. The highest BCUT2D eigenvalue weighted by Gasteiger charge is 2.26. The molecule has 3 N–H and O–H groups in total. The Bertz CT molecular complexity index is 369. The molecule has 0 aliphatic heterocycles. The molecular formula is C14H24N2O2. The van der Waals surface area contributed by atoms with Crippen molar-refractivity contribution < 1.29 is 9.90 Å². The van der Waals surface area contributed by atoms with Gasteiger partial charge in [0.2, 0.25) is 5.91 Å². The number of carbonyl (C=O) groups is 1. The van der Waals surface area contributed by atoms with Gasteiger partial charge in [0.25, 0.3) is 0 Å². The number of aliphatic hydroxyl groups excluding tert-OH is 1. The molecule has 1 amide bonds. The molecule has 0 bridgehead atoms. The molecule has 0 spiro atoms. The molecule has 0 aromatic carbocycles. The molecule has 0 aliphatic rings. The molecular weight excluding hydrogens is 228 g/mol. The number of nitrogens with one attached hydrogen (secondary N) is 2. The van der Waals surface area contributed by atoms with Gasteiger partial charge in [-0.3, -0.25) is 4.79 Å². The van der Waals surface area contributed by atoms with Gasteiger partial charge in [-0.1, -0.05) is 27.7 Å². The predicted molar refractivity (Wildman–Crippen MR) is 72.2 cm³/mol. The third kappa shape index (κ3) is 3.60. The van der Waals surface area contributed by atoms with Crippen molar-refractivity contribution in [2.24, 2.45) is 11.8 Å². The van der Waals surface area contributed by atoms with Gasteiger partial charge in [0, 0.05) is 23.9 Å². The summed E-state index contributed by atoms with van der Waals surface area (Å²) in [5.74, 6) is -0.264. The second-order valence-corrected chi connectivity index (χ2v) is 5.72. The summed E-state index contributed by atoms with van der Waals surface area (Å²) in [5.41, 5.74) is 0.948. The average molecular weight is 252 g/mol. The Morgan fingerprint density at radius 1 is 1.50 bits per heavy atom. The van der Waals surface area contributed by atoms with E-state index in [0.717, 1.165) is 5.69 Å². The first-order chi connectivity index (χ1) is 8.38. The Hall–Kier alpha value is -1.29. The third-order valence-electron chi connectivity index (χ3n) is 3.37. The summed E-state index contributed by atoms with van der Waals surface area (Å²) in [6.07, 6.45) is 1.88. The van der Waals surface area contributed by atoms with Crippen LogP contribution in [-0.4, -0.2) is 29.1 Å². The summed E-state index contributed by atoms with van der Waals surface area (Å²) >= 11 is 0. The van der Waals surface area contributed by atoms with Crippen LogP contribution in [-0.2, 0) is 10.2 Å². The normalized spacial score (nSPS) is 13.7. The quantitative estimate of drug-likeness (QED) is 0.721. The van der Waals surface area contributed by atoms with Gasteiger partial charge < -0.3 is 15.4 Å². The lowest BCUT2D eigenvalue weighted by Crippen LogP contribution is -2.42. The molecule has 1 aromatic heterocycles. The van der Waals surface area contributed by atoms with Crippen molar-refractivity contribution in [2.75, 3.05) is 13.2 Å². The number of aliphatic hydroxyl groups is 1. The van der Waals surface area contributed by atoms with Crippen molar-refractivity contribution in [3.05, 3.63) is 24.0 Å². The Morgan fingerprint density at radius 3 is 2.61 bits per heavy atom. The van der Waals surface area contributed by atoms with Crippen molar-refractivity contribution in [1.82, 2.24) is 10.3 Å². The summed E-state index contributed by atoms with van der Waals surface area (Å²) in [5, 5.41) is 12.1. The first-order valence-corrected chi connectivity index (χ1v) is 6.41. The van der Waals surface area contributed by atoms with E-state index < -0.39 is 0 Å². The van der Waals surface area contributed by atoms with E-state index in [9.17, 15) is 9.90 Å². The topological polar surface area (TPSA) is 65.1 Å². The van der Waals surface area contributed by atoms with Crippen LogP contribution in [0.25, 0.3) is 0 Å². The third-order valence-corrected chi connectivity index (χ3v) is 3.37. The zero-order valence-corrected chi connectivity index (χ0v) is 11.7. The smallest absolute Gasteiger partial charge is 0.225 e. The molecule has 1 heterocycles. The zero-order valence-electron chi connectivity index (χ0n) is 11.7. The van der Waals surface area contributed by atoms with E-state index in [2.05, 4.69) is 24.1 Å². The molecule has 1 unspecified atom stereocenters. The van der Waals surface area contributed by atoms with E-state index in [1.807, 2.05) is 32.2 Å². The summed E-state index contributed by atoms with van der Waals surface area (Å²) in [7, 11) is 0. The van der Waals surface area contributed by atoms with Gasteiger partial charge >= 0.3 is 0 Å². The molecule has 1 atom stereocenters. The van der Waals surface area contributed by atoms with Crippen LogP contribution < -0.4 is 5.32 Å². The minimum absolute atomic E-state index is 0.0767. The van der Waals surface area contributed by atoms with E-state index in [1.54, 1.807) is 0 Å².